The van der Waals surface area contributed by atoms with Crippen molar-refractivity contribution in [2.45, 2.75) is 38.4 Å². The topological polar surface area (TPSA) is 39.7 Å². The molecule has 1 unspecified atom stereocenters. The van der Waals surface area contributed by atoms with Crippen molar-refractivity contribution in [2.24, 2.45) is 4.99 Å². The molecule has 1 atom stereocenters. The zero-order chi connectivity index (χ0) is 13.9. The minimum Gasteiger partial charge on any atom is -0.356 e. The largest absolute Gasteiger partial charge is 0.356 e. The van der Waals surface area contributed by atoms with Crippen molar-refractivity contribution in [2.75, 3.05) is 45.5 Å². The molecule has 1 saturated heterocycles. The summed E-state index contributed by atoms with van der Waals surface area (Å²) in [5, 5.41) is 7.60. The first-order valence-electron chi connectivity index (χ1n) is 7.58. The third kappa shape index (κ3) is 8.56. The molecule has 1 aliphatic heterocycles. The van der Waals surface area contributed by atoms with Gasteiger partial charge in [-0.15, -0.1) is 24.0 Å². The fourth-order valence-corrected chi connectivity index (χ4v) is 3.49. The van der Waals surface area contributed by atoms with Crippen molar-refractivity contribution in [3.63, 3.8) is 0 Å². The van der Waals surface area contributed by atoms with Crippen LogP contribution in [0.25, 0.3) is 0 Å². The summed E-state index contributed by atoms with van der Waals surface area (Å²) in [6.07, 6.45) is 3.88. The molecule has 1 fully saturated rings. The molecule has 0 aromatic rings. The second kappa shape index (κ2) is 13.0. The minimum absolute atomic E-state index is 0. The first-order chi connectivity index (χ1) is 9.30. The molecule has 6 heteroatoms. The van der Waals surface area contributed by atoms with Gasteiger partial charge in [0.15, 0.2) is 5.96 Å². The Morgan fingerprint density at radius 1 is 1.30 bits per heavy atom. The number of guanidine groups is 1. The maximum atomic E-state index is 4.28. The standard InChI is InChI=1S/C14H30N4S.HI/c1-4-18(5-2)10-7-9-16-14(15-3)17-12-13-8-6-11-19-13;/h13H,4-12H2,1-3H3,(H2,15,16,17);1H. The highest BCUT2D eigenvalue weighted by Crippen LogP contribution is 2.25. The van der Waals surface area contributed by atoms with Crippen LogP contribution in [0.15, 0.2) is 4.99 Å². The minimum atomic E-state index is 0. The second-order valence-corrected chi connectivity index (χ2v) is 6.30. The zero-order valence-electron chi connectivity index (χ0n) is 13.2. The SMILES string of the molecule is CCN(CC)CCCNC(=NC)NCC1CCCS1.I. The van der Waals surface area contributed by atoms with E-state index in [4.69, 9.17) is 0 Å². The van der Waals surface area contributed by atoms with Crippen LogP contribution in [0.2, 0.25) is 0 Å². The van der Waals surface area contributed by atoms with Gasteiger partial charge in [-0.25, -0.2) is 0 Å². The lowest BCUT2D eigenvalue weighted by atomic mass is 10.2. The van der Waals surface area contributed by atoms with E-state index in [0.29, 0.717) is 0 Å². The van der Waals surface area contributed by atoms with E-state index in [1.54, 1.807) is 0 Å². The van der Waals surface area contributed by atoms with E-state index >= 15 is 0 Å². The Labute approximate surface area is 145 Å². The van der Waals surface area contributed by atoms with Gasteiger partial charge in [0.25, 0.3) is 0 Å². The van der Waals surface area contributed by atoms with Gasteiger partial charge in [-0.1, -0.05) is 13.8 Å². The predicted octanol–water partition coefficient (Wildman–Crippen LogP) is 2.40. The van der Waals surface area contributed by atoms with E-state index in [1.165, 1.54) is 25.0 Å². The lowest BCUT2D eigenvalue weighted by Crippen LogP contribution is -2.41. The van der Waals surface area contributed by atoms with Crippen molar-refractivity contribution in [3.8, 4) is 0 Å². The van der Waals surface area contributed by atoms with E-state index in [2.05, 4.69) is 46.1 Å². The van der Waals surface area contributed by atoms with Crippen LogP contribution < -0.4 is 10.6 Å². The molecule has 1 rings (SSSR count). The molecule has 1 heterocycles. The highest BCUT2D eigenvalue weighted by molar-refractivity contribution is 14.0. The molecule has 0 amide bonds. The summed E-state index contributed by atoms with van der Waals surface area (Å²) in [5.41, 5.74) is 0. The van der Waals surface area contributed by atoms with Crippen molar-refractivity contribution in [1.29, 1.82) is 0 Å². The maximum Gasteiger partial charge on any atom is 0.191 e. The molecule has 0 radical (unpaired) electrons. The first-order valence-corrected chi connectivity index (χ1v) is 8.63. The van der Waals surface area contributed by atoms with E-state index < -0.39 is 0 Å². The molecular formula is C14H31IN4S. The van der Waals surface area contributed by atoms with Crippen molar-refractivity contribution >= 4 is 41.7 Å². The molecule has 120 valence electrons. The van der Waals surface area contributed by atoms with E-state index in [0.717, 1.165) is 43.9 Å². The lowest BCUT2D eigenvalue weighted by molar-refractivity contribution is 0.300. The average molecular weight is 414 g/mol. The molecule has 0 saturated carbocycles. The lowest BCUT2D eigenvalue weighted by Gasteiger charge is -2.19. The van der Waals surface area contributed by atoms with Gasteiger partial charge in [0, 0.05) is 25.4 Å². The number of nitrogens with zero attached hydrogens (tertiary/aromatic N) is 2. The highest BCUT2D eigenvalue weighted by Gasteiger charge is 2.15. The van der Waals surface area contributed by atoms with Crippen molar-refractivity contribution in [3.05, 3.63) is 0 Å². The Morgan fingerprint density at radius 3 is 2.60 bits per heavy atom. The number of aliphatic imine (C=N–C) groups is 1. The van der Waals surface area contributed by atoms with Gasteiger partial charge in [-0.2, -0.15) is 11.8 Å². The molecule has 1 aliphatic rings. The Morgan fingerprint density at radius 2 is 2.05 bits per heavy atom. The molecule has 0 aromatic carbocycles. The van der Waals surface area contributed by atoms with Gasteiger partial charge in [-0.3, -0.25) is 4.99 Å². The fourth-order valence-electron chi connectivity index (χ4n) is 2.29. The summed E-state index contributed by atoms with van der Waals surface area (Å²) in [5.74, 6) is 2.27. The smallest absolute Gasteiger partial charge is 0.191 e. The fraction of sp³-hybridized carbons (Fsp3) is 0.929. The summed E-state index contributed by atoms with van der Waals surface area (Å²) in [7, 11) is 1.85. The average Bonchev–Trinajstić information content (AvgIpc) is 2.95. The number of thioether (sulfide) groups is 1. The van der Waals surface area contributed by atoms with Crippen LogP contribution in [-0.4, -0.2) is 61.6 Å². The Bertz CT molecular complexity index is 254. The number of nitrogens with one attached hydrogen (secondary N) is 2. The second-order valence-electron chi connectivity index (χ2n) is 4.90. The molecule has 0 aromatic heterocycles. The predicted molar refractivity (Wildman–Crippen MR) is 103 cm³/mol. The van der Waals surface area contributed by atoms with Gasteiger partial charge in [0.2, 0.25) is 0 Å². The van der Waals surface area contributed by atoms with Crippen LogP contribution in [0.1, 0.15) is 33.1 Å². The molecule has 0 aliphatic carbocycles. The van der Waals surface area contributed by atoms with Crippen LogP contribution in [0.4, 0.5) is 0 Å². The van der Waals surface area contributed by atoms with Crippen LogP contribution in [0.5, 0.6) is 0 Å². The first kappa shape index (κ1) is 20.3. The molecule has 20 heavy (non-hydrogen) atoms. The van der Waals surface area contributed by atoms with Crippen molar-refractivity contribution < 1.29 is 0 Å². The van der Waals surface area contributed by atoms with Crippen LogP contribution in [0, 0.1) is 0 Å². The number of halogens is 1. The van der Waals surface area contributed by atoms with Gasteiger partial charge >= 0.3 is 0 Å². The zero-order valence-corrected chi connectivity index (χ0v) is 16.3. The highest BCUT2D eigenvalue weighted by atomic mass is 127. The van der Waals surface area contributed by atoms with Crippen LogP contribution in [-0.2, 0) is 0 Å². The van der Waals surface area contributed by atoms with E-state index in [-0.39, 0.29) is 24.0 Å². The van der Waals surface area contributed by atoms with Gasteiger partial charge < -0.3 is 15.5 Å². The third-order valence-electron chi connectivity index (χ3n) is 3.58. The molecule has 2 N–H and O–H groups in total. The third-order valence-corrected chi connectivity index (χ3v) is 4.98. The summed E-state index contributed by atoms with van der Waals surface area (Å²) in [6, 6.07) is 0. The monoisotopic (exact) mass is 414 g/mol. The van der Waals surface area contributed by atoms with Gasteiger partial charge in [0.05, 0.1) is 0 Å². The Kier molecular flexibility index (Phi) is 13.2. The summed E-state index contributed by atoms with van der Waals surface area (Å²) >= 11 is 2.08. The van der Waals surface area contributed by atoms with Crippen LogP contribution in [0.3, 0.4) is 0 Å². The van der Waals surface area contributed by atoms with Gasteiger partial charge in [0.1, 0.15) is 0 Å². The molecule has 0 bridgehead atoms. The maximum absolute atomic E-state index is 4.28. The number of hydrogen-bond donors (Lipinski definition) is 2. The quantitative estimate of drug-likeness (QED) is 0.277. The molecule has 0 spiro atoms. The molecule has 4 nitrogen and oxygen atoms in total. The van der Waals surface area contributed by atoms with Crippen LogP contribution >= 0.6 is 35.7 Å². The number of hydrogen-bond acceptors (Lipinski definition) is 3. The Hall–Kier alpha value is 0.310. The normalized spacial score (nSPS) is 19.0. The summed E-state index contributed by atoms with van der Waals surface area (Å²) in [4.78, 5) is 6.73. The van der Waals surface area contributed by atoms with E-state index in [1.807, 2.05) is 7.05 Å². The summed E-state index contributed by atoms with van der Waals surface area (Å²) < 4.78 is 0. The van der Waals surface area contributed by atoms with E-state index in [9.17, 15) is 0 Å². The molecular weight excluding hydrogens is 383 g/mol. The number of rotatable bonds is 8. The summed E-state index contributed by atoms with van der Waals surface area (Å²) in [6.45, 7) is 9.92. The Balaban J connectivity index is 0.00000361. The van der Waals surface area contributed by atoms with Gasteiger partial charge in [-0.05, 0) is 44.6 Å². The van der Waals surface area contributed by atoms with Crippen molar-refractivity contribution in [1.82, 2.24) is 15.5 Å².